The van der Waals surface area contributed by atoms with Gasteiger partial charge in [-0.2, -0.15) is 0 Å². The van der Waals surface area contributed by atoms with Crippen LogP contribution in [0.2, 0.25) is 0 Å². The maximum Gasteiger partial charge on any atom is 0.307 e. The SMILES string of the molecule is CCOC(=O)CCn1cc(C2=NCCO2)c2ccc(N)cc21. The van der Waals surface area contributed by atoms with Crippen LogP contribution in [0.25, 0.3) is 10.9 Å². The Morgan fingerprint density at radius 1 is 1.50 bits per heavy atom. The number of anilines is 1. The molecule has 2 N–H and O–H groups in total. The number of carbonyl (C=O) groups excluding carboxylic acids is 1. The highest BCUT2D eigenvalue weighted by molar-refractivity contribution is 6.07. The number of hydrogen-bond donors (Lipinski definition) is 1. The number of fused-ring (bicyclic) bond motifs is 1. The average Bonchev–Trinajstić information content (AvgIpc) is 3.12. The van der Waals surface area contributed by atoms with Crippen LogP contribution >= 0.6 is 0 Å². The Morgan fingerprint density at radius 2 is 2.36 bits per heavy atom. The normalized spacial score (nSPS) is 14.0. The van der Waals surface area contributed by atoms with Crippen LogP contribution in [0.1, 0.15) is 18.9 Å². The van der Waals surface area contributed by atoms with Crippen LogP contribution in [0.5, 0.6) is 0 Å². The van der Waals surface area contributed by atoms with Gasteiger partial charge in [0, 0.05) is 23.8 Å². The van der Waals surface area contributed by atoms with Crippen LogP contribution in [-0.4, -0.2) is 36.2 Å². The van der Waals surface area contributed by atoms with E-state index in [-0.39, 0.29) is 5.97 Å². The summed E-state index contributed by atoms with van der Waals surface area (Å²) in [7, 11) is 0. The third kappa shape index (κ3) is 2.77. The minimum atomic E-state index is -0.204. The Balaban J connectivity index is 1.95. The number of benzene rings is 1. The molecule has 22 heavy (non-hydrogen) atoms. The summed E-state index contributed by atoms with van der Waals surface area (Å²) in [5.74, 6) is 0.453. The molecule has 0 spiro atoms. The van der Waals surface area contributed by atoms with Crippen molar-refractivity contribution in [2.45, 2.75) is 19.9 Å². The van der Waals surface area contributed by atoms with Gasteiger partial charge >= 0.3 is 5.97 Å². The van der Waals surface area contributed by atoms with Gasteiger partial charge in [-0.25, -0.2) is 4.99 Å². The molecular weight excluding hydrogens is 282 g/mol. The summed E-state index contributed by atoms with van der Waals surface area (Å²) in [5.41, 5.74) is 8.49. The number of hydrogen-bond acceptors (Lipinski definition) is 5. The maximum atomic E-state index is 11.6. The number of aromatic nitrogens is 1. The molecule has 2 aromatic rings. The quantitative estimate of drug-likeness (QED) is 0.676. The summed E-state index contributed by atoms with van der Waals surface area (Å²) in [6, 6.07) is 5.72. The van der Waals surface area contributed by atoms with Crippen LogP contribution in [0, 0.1) is 0 Å². The lowest BCUT2D eigenvalue weighted by Crippen LogP contribution is -2.08. The van der Waals surface area contributed by atoms with Crippen LogP contribution in [-0.2, 0) is 20.8 Å². The largest absolute Gasteiger partial charge is 0.475 e. The zero-order chi connectivity index (χ0) is 15.5. The first kappa shape index (κ1) is 14.4. The number of ether oxygens (including phenoxy) is 2. The zero-order valence-corrected chi connectivity index (χ0v) is 12.5. The predicted octanol–water partition coefficient (Wildman–Crippen LogP) is 1.95. The van der Waals surface area contributed by atoms with Crippen LogP contribution in [0.4, 0.5) is 5.69 Å². The number of aliphatic imine (C=N–C) groups is 1. The number of nitrogen functional groups attached to an aromatic ring is 1. The lowest BCUT2D eigenvalue weighted by Gasteiger charge is -2.05. The van der Waals surface area contributed by atoms with Crippen LogP contribution < -0.4 is 5.73 Å². The van der Waals surface area contributed by atoms with Gasteiger partial charge in [0.05, 0.1) is 30.7 Å². The van der Waals surface area contributed by atoms with Gasteiger partial charge in [-0.1, -0.05) is 0 Å². The number of carbonyl (C=O) groups is 1. The predicted molar refractivity (Wildman–Crippen MR) is 85.0 cm³/mol. The fourth-order valence-corrected chi connectivity index (χ4v) is 2.61. The lowest BCUT2D eigenvalue weighted by atomic mass is 10.1. The zero-order valence-electron chi connectivity index (χ0n) is 12.5. The van der Waals surface area contributed by atoms with Crippen molar-refractivity contribution in [1.82, 2.24) is 4.57 Å². The maximum absolute atomic E-state index is 11.6. The number of rotatable bonds is 5. The Labute approximate surface area is 128 Å². The second-order valence-electron chi connectivity index (χ2n) is 5.10. The number of esters is 1. The standard InChI is InChI=1S/C16H19N3O3/c1-2-21-15(20)5-7-19-10-13(16-18-6-8-22-16)12-4-3-11(17)9-14(12)19/h3-4,9-10H,2,5-8,17H2,1H3. The van der Waals surface area contributed by atoms with E-state index in [2.05, 4.69) is 4.99 Å². The van der Waals surface area contributed by atoms with Gasteiger partial charge in [0.15, 0.2) is 0 Å². The number of nitrogens with two attached hydrogens (primary N) is 1. The highest BCUT2D eigenvalue weighted by Crippen LogP contribution is 2.26. The Morgan fingerprint density at radius 3 is 3.09 bits per heavy atom. The van der Waals surface area contributed by atoms with Crippen molar-refractivity contribution in [2.75, 3.05) is 25.5 Å². The molecule has 0 saturated carbocycles. The minimum Gasteiger partial charge on any atom is -0.475 e. The Kier molecular flexibility index (Phi) is 4.00. The lowest BCUT2D eigenvalue weighted by molar-refractivity contribution is -0.143. The Bertz CT molecular complexity index is 734. The van der Waals surface area contributed by atoms with Crippen molar-refractivity contribution in [1.29, 1.82) is 0 Å². The summed E-state index contributed by atoms with van der Waals surface area (Å²) in [5, 5.41) is 1.03. The van der Waals surface area contributed by atoms with E-state index in [4.69, 9.17) is 15.2 Å². The molecule has 0 fully saturated rings. The second-order valence-corrected chi connectivity index (χ2v) is 5.10. The summed E-state index contributed by atoms with van der Waals surface area (Å²) in [6.45, 7) is 4.02. The first-order valence-corrected chi connectivity index (χ1v) is 7.40. The van der Waals surface area contributed by atoms with E-state index < -0.39 is 0 Å². The van der Waals surface area contributed by atoms with Crippen molar-refractivity contribution in [3.05, 3.63) is 30.0 Å². The van der Waals surface area contributed by atoms with E-state index in [1.54, 1.807) is 6.92 Å². The third-order valence-corrected chi connectivity index (χ3v) is 3.58. The van der Waals surface area contributed by atoms with E-state index in [9.17, 15) is 4.79 Å². The molecule has 1 aromatic heterocycles. The van der Waals surface area contributed by atoms with Crippen molar-refractivity contribution in [3.8, 4) is 0 Å². The fourth-order valence-electron chi connectivity index (χ4n) is 2.61. The molecule has 3 rings (SSSR count). The van der Waals surface area contributed by atoms with Crippen molar-refractivity contribution >= 4 is 28.5 Å². The molecule has 0 unspecified atom stereocenters. The molecule has 6 heteroatoms. The molecule has 6 nitrogen and oxygen atoms in total. The third-order valence-electron chi connectivity index (χ3n) is 3.58. The molecule has 0 radical (unpaired) electrons. The van der Waals surface area contributed by atoms with E-state index in [0.29, 0.717) is 44.3 Å². The topological polar surface area (TPSA) is 78.8 Å². The van der Waals surface area contributed by atoms with Gasteiger partial charge in [0.2, 0.25) is 5.90 Å². The molecule has 0 saturated heterocycles. The monoisotopic (exact) mass is 301 g/mol. The first-order chi connectivity index (χ1) is 10.7. The van der Waals surface area contributed by atoms with E-state index in [0.717, 1.165) is 16.5 Å². The molecule has 0 aliphatic carbocycles. The van der Waals surface area contributed by atoms with Gasteiger partial charge in [-0.05, 0) is 25.1 Å². The first-order valence-electron chi connectivity index (χ1n) is 7.40. The van der Waals surface area contributed by atoms with Gasteiger partial charge in [-0.3, -0.25) is 4.79 Å². The smallest absolute Gasteiger partial charge is 0.307 e. The molecule has 1 aromatic carbocycles. The average molecular weight is 301 g/mol. The fraction of sp³-hybridized carbons (Fsp3) is 0.375. The van der Waals surface area contributed by atoms with Gasteiger partial charge in [0.1, 0.15) is 6.61 Å². The van der Waals surface area contributed by atoms with Crippen molar-refractivity contribution < 1.29 is 14.3 Å². The summed E-state index contributed by atoms with van der Waals surface area (Å²) in [4.78, 5) is 15.9. The van der Waals surface area contributed by atoms with Gasteiger partial charge < -0.3 is 19.8 Å². The van der Waals surface area contributed by atoms with Crippen LogP contribution in [0.3, 0.4) is 0 Å². The van der Waals surface area contributed by atoms with Gasteiger partial charge in [0.25, 0.3) is 0 Å². The van der Waals surface area contributed by atoms with Crippen molar-refractivity contribution in [2.24, 2.45) is 4.99 Å². The van der Waals surface area contributed by atoms with Crippen molar-refractivity contribution in [3.63, 3.8) is 0 Å². The summed E-state index contributed by atoms with van der Waals surface area (Å²) in [6.07, 6.45) is 2.28. The molecule has 0 amide bonds. The molecule has 2 heterocycles. The van der Waals surface area contributed by atoms with E-state index >= 15 is 0 Å². The summed E-state index contributed by atoms with van der Waals surface area (Å²) >= 11 is 0. The van der Waals surface area contributed by atoms with Gasteiger partial charge in [-0.15, -0.1) is 0 Å². The highest BCUT2D eigenvalue weighted by Gasteiger charge is 2.18. The second kappa shape index (κ2) is 6.09. The van der Waals surface area contributed by atoms with Crippen LogP contribution in [0.15, 0.2) is 29.4 Å². The molecule has 0 bridgehead atoms. The highest BCUT2D eigenvalue weighted by atomic mass is 16.5. The van der Waals surface area contributed by atoms with E-state index in [1.165, 1.54) is 0 Å². The number of aryl methyl sites for hydroxylation is 1. The van der Waals surface area contributed by atoms with E-state index in [1.807, 2.05) is 29.0 Å². The minimum absolute atomic E-state index is 0.204. The molecule has 1 aliphatic heterocycles. The number of nitrogens with zero attached hydrogens (tertiary/aromatic N) is 2. The molecule has 0 atom stereocenters. The Hall–Kier alpha value is -2.50. The summed E-state index contributed by atoms with van der Waals surface area (Å²) < 4.78 is 12.6. The molecule has 1 aliphatic rings. The molecular formula is C16H19N3O3. The molecule has 116 valence electrons.